The van der Waals surface area contributed by atoms with Crippen molar-refractivity contribution >= 4 is 0 Å². The summed E-state index contributed by atoms with van der Waals surface area (Å²) < 4.78 is 13.1. The van der Waals surface area contributed by atoms with Crippen LogP contribution < -0.4 is 14.8 Å². The van der Waals surface area contributed by atoms with Crippen LogP contribution in [0.4, 0.5) is 0 Å². The maximum absolute atomic E-state index is 5.53. The van der Waals surface area contributed by atoms with Crippen LogP contribution in [0.5, 0.6) is 11.5 Å². The fourth-order valence-corrected chi connectivity index (χ4v) is 2.43. The van der Waals surface area contributed by atoms with E-state index in [2.05, 4.69) is 17.2 Å². The molecule has 0 bridgehead atoms. The van der Waals surface area contributed by atoms with Crippen molar-refractivity contribution in [3.63, 3.8) is 0 Å². The second-order valence-electron chi connectivity index (χ2n) is 4.86. The zero-order valence-corrected chi connectivity index (χ0v) is 13.1. The minimum absolute atomic E-state index is 0.0731. The molecule has 5 heteroatoms. The Morgan fingerprint density at radius 3 is 2.38 bits per heavy atom. The number of ether oxygens (including phenoxy) is 2. The molecule has 0 radical (unpaired) electrons. The van der Waals surface area contributed by atoms with Gasteiger partial charge in [-0.05, 0) is 25.1 Å². The van der Waals surface area contributed by atoms with Gasteiger partial charge in [0.25, 0.3) is 0 Å². The molecule has 1 aromatic heterocycles. The second kappa shape index (κ2) is 7.13. The van der Waals surface area contributed by atoms with Crippen LogP contribution in [0.25, 0.3) is 0 Å². The van der Waals surface area contributed by atoms with Gasteiger partial charge in [-0.3, -0.25) is 0 Å². The molecule has 0 aliphatic heterocycles. The molecule has 0 amide bonds. The quantitative estimate of drug-likeness (QED) is 0.851. The van der Waals surface area contributed by atoms with Crippen molar-refractivity contribution in [3.8, 4) is 11.5 Å². The first-order valence-electron chi connectivity index (χ1n) is 7.14. The van der Waals surface area contributed by atoms with E-state index in [-0.39, 0.29) is 6.04 Å². The Kier molecular flexibility index (Phi) is 5.22. The fourth-order valence-electron chi connectivity index (χ4n) is 2.43. The number of nitrogens with one attached hydrogen (secondary N) is 1. The normalized spacial score (nSPS) is 12.2. The van der Waals surface area contributed by atoms with Crippen LogP contribution in [0, 0.1) is 0 Å². The minimum Gasteiger partial charge on any atom is -0.496 e. The number of rotatable bonds is 7. The van der Waals surface area contributed by atoms with E-state index in [1.165, 1.54) is 0 Å². The highest BCUT2D eigenvalue weighted by Gasteiger charge is 2.25. The number of imidazole rings is 1. The average Bonchev–Trinajstić information content (AvgIpc) is 2.93. The Morgan fingerprint density at radius 2 is 1.90 bits per heavy atom. The van der Waals surface area contributed by atoms with Gasteiger partial charge in [-0.15, -0.1) is 0 Å². The summed E-state index contributed by atoms with van der Waals surface area (Å²) in [5.41, 5.74) is 0.977. The average molecular weight is 289 g/mol. The zero-order valence-electron chi connectivity index (χ0n) is 13.1. The van der Waals surface area contributed by atoms with Gasteiger partial charge in [-0.2, -0.15) is 0 Å². The van der Waals surface area contributed by atoms with Gasteiger partial charge in [-0.25, -0.2) is 4.98 Å². The summed E-state index contributed by atoms with van der Waals surface area (Å²) >= 11 is 0. The van der Waals surface area contributed by atoms with E-state index in [1.807, 2.05) is 36.0 Å². The molecule has 0 saturated carbocycles. The summed E-state index contributed by atoms with van der Waals surface area (Å²) in [4.78, 5) is 4.49. The summed E-state index contributed by atoms with van der Waals surface area (Å²) in [5, 5.41) is 3.54. The third-order valence-electron chi connectivity index (χ3n) is 3.47. The Balaban J connectivity index is 2.53. The Bertz CT molecular complexity index is 558. The maximum Gasteiger partial charge on any atom is 0.130 e. The minimum atomic E-state index is -0.0731. The van der Waals surface area contributed by atoms with Gasteiger partial charge in [-0.1, -0.05) is 13.0 Å². The first kappa shape index (κ1) is 15.4. The molecule has 2 rings (SSSR count). The van der Waals surface area contributed by atoms with Crippen molar-refractivity contribution in [1.29, 1.82) is 0 Å². The molecule has 114 valence electrons. The van der Waals surface area contributed by atoms with E-state index in [0.29, 0.717) is 0 Å². The predicted molar refractivity (Wildman–Crippen MR) is 82.9 cm³/mol. The highest BCUT2D eigenvalue weighted by atomic mass is 16.5. The molecule has 5 nitrogen and oxygen atoms in total. The van der Waals surface area contributed by atoms with Crippen molar-refractivity contribution < 1.29 is 9.47 Å². The van der Waals surface area contributed by atoms with Crippen LogP contribution in [0.1, 0.15) is 30.8 Å². The van der Waals surface area contributed by atoms with E-state index >= 15 is 0 Å². The van der Waals surface area contributed by atoms with Crippen LogP contribution >= 0.6 is 0 Å². The summed E-state index contributed by atoms with van der Waals surface area (Å²) in [6.45, 7) is 3.03. The molecule has 2 aromatic rings. The Labute approximate surface area is 125 Å². The van der Waals surface area contributed by atoms with Gasteiger partial charge in [0, 0.05) is 19.4 Å². The van der Waals surface area contributed by atoms with E-state index in [1.54, 1.807) is 20.4 Å². The molecule has 0 aliphatic carbocycles. The third-order valence-corrected chi connectivity index (χ3v) is 3.47. The predicted octanol–water partition coefficient (Wildman–Crippen LogP) is 2.53. The SMILES string of the molecule is CCCNC(c1c(OC)cccc1OC)c1nccn1C. The molecule has 0 spiro atoms. The van der Waals surface area contributed by atoms with Crippen molar-refractivity contribution in [2.24, 2.45) is 7.05 Å². The number of nitrogens with zero attached hydrogens (tertiary/aromatic N) is 2. The molecule has 1 unspecified atom stereocenters. The van der Waals surface area contributed by atoms with E-state index < -0.39 is 0 Å². The number of methoxy groups -OCH3 is 2. The Morgan fingerprint density at radius 1 is 1.24 bits per heavy atom. The van der Waals surface area contributed by atoms with Gasteiger partial charge in [0.2, 0.25) is 0 Å². The number of aryl methyl sites for hydroxylation is 1. The summed E-state index contributed by atoms with van der Waals surface area (Å²) in [6.07, 6.45) is 4.79. The van der Waals surface area contributed by atoms with Crippen molar-refractivity contribution in [3.05, 3.63) is 42.0 Å². The molecular formula is C16H23N3O2. The van der Waals surface area contributed by atoms with Gasteiger partial charge in [0.1, 0.15) is 17.3 Å². The third kappa shape index (κ3) is 3.19. The lowest BCUT2D eigenvalue weighted by molar-refractivity contribution is 0.374. The van der Waals surface area contributed by atoms with Crippen LogP contribution in [0.2, 0.25) is 0 Å². The largest absolute Gasteiger partial charge is 0.496 e. The molecule has 1 aromatic carbocycles. The van der Waals surface area contributed by atoms with Crippen molar-refractivity contribution in [2.75, 3.05) is 20.8 Å². The molecule has 1 heterocycles. The molecule has 21 heavy (non-hydrogen) atoms. The lowest BCUT2D eigenvalue weighted by atomic mass is 10.0. The van der Waals surface area contributed by atoms with Gasteiger partial charge in [0.15, 0.2) is 0 Å². The van der Waals surface area contributed by atoms with Crippen LogP contribution in [-0.4, -0.2) is 30.3 Å². The number of benzene rings is 1. The lowest BCUT2D eigenvalue weighted by Gasteiger charge is -2.23. The van der Waals surface area contributed by atoms with Gasteiger partial charge in [0.05, 0.1) is 25.8 Å². The molecular weight excluding hydrogens is 266 g/mol. The van der Waals surface area contributed by atoms with Gasteiger partial charge >= 0.3 is 0 Å². The summed E-state index contributed by atoms with van der Waals surface area (Å²) in [6, 6.07) is 5.75. The molecule has 1 N–H and O–H groups in total. The van der Waals surface area contributed by atoms with Gasteiger partial charge < -0.3 is 19.4 Å². The molecule has 1 atom stereocenters. The first-order valence-corrected chi connectivity index (χ1v) is 7.14. The zero-order chi connectivity index (χ0) is 15.2. The maximum atomic E-state index is 5.53. The standard InChI is InChI=1S/C16H23N3O2/c1-5-9-17-15(16-18-10-11-19(16)2)14-12(20-3)7-6-8-13(14)21-4/h6-8,10-11,15,17H,5,9H2,1-4H3. The lowest BCUT2D eigenvalue weighted by Crippen LogP contribution is -2.26. The number of hydrogen-bond acceptors (Lipinski definition) is 4. The van der Waals surface area contributed by atoms with Crippen LogP contribution in [0.15, 0.2) is 30.6 Å². The van der Waals surface area contributed by atoms with Crippen molar-refractivity contribution in [2.45, 2.75) is 19.4 Å². The Hall–Kier alpha value is -2.01. The highest BCUT2D eigenvalue weighted by molar-refractivity contribution is 5.49. The highest BCUT2D eigenvalue weighted by Crippen LogP contribution is 2.36. The molecule has 0 saturated heterocycles. The summed E-state index contributed by atoms with van der Waals surface area (Å²) in [5.74, 6) is 2.53. The van der Waals surface area contributed by atoms with E-state index in [0.717, 1.165) is 35.9 Å². The molecule has 0 fully saturated rings. The number of hydrogen-bond donors (Lipinski definition) is 1. The smallest absolute Gasteiger partial charge is 0.130 e. The summed E-state index contributed by atoms with van der Waals surface area (Å²) in [7, 11) is 5.34. The van der Waals surface area contributed by atoms with Crippen LogP contribution in [-0.2, 0) is 7.05 Å². The first-order chi connectivity index (χ1) is 10.2. The van der Waals surface area contributed by atoms with E-state index in [9.17, 15) is 0 Å². The van der Waals surface area contributed by atoms with Crippen LogP contribution in [0.3, 0.4) is 0 Å². The monoisotopic (exact) mass is 289 g/mol. The fraction of sp³-hybridized carbons (Fsp3) is 0.438. The number of aromatic nitrogens is 2. The topological polar surface area (TPSA) is 48.3 Å². The van der Waals surface area contributed by atoms with E-state index in [4.69, 9.17) is 9.47 Å². The molecule has 0 aliphatic rings. The second-order valence-corrected chi connectivity index (χ2v) is 4.86. The van der Waals surface area contributed by atoms with Crippen molar-refractivity contribution in [1.82, 2.24) is 14.9 Å².